The molecule has 0 aliphatic heterocycles. The maximum absolute atomic E-state index is 12.7. The Morgan fingerprint density at radius 3 is 2.32 bits per heavy atom. The van der Waals surface area contributed by atoms with Crippen LogP contribution in [0.25, 0.3) is 16.9 Å². The van der Waals surface area contributed by atoms with Crippen molar-refractivity contribution in [3.63, 3.8) is 0 Å². The lowest BCUT2D eigenvalue weighted by Gasteiger charge is -2.07. The molecule has 0 aliphatic rings. The Kier molecular flexibility index (Phi) is 5.12. The summed E-state index contributed by atoms with van der Waals surface area (Å²) in [6.07, 6.45) is 0. The van der Waals surface area contributed by atoms with E-state index in [2.05, 4.69) is 5.10 Å². The van der Waals surface area contributed by atoms with Crippen molar-refractivity contribution >= 4 is 23.1 Å². The van der Waals surface area contributed by atoms with Crippen molar-refractivity contribution in [3.8, 4) is 16.9 Å². The lowest BCUT2D eigenvalue weighted by molar-refractivity contribution is 0.0467. The highest BCUT2D eigenvalue weighted by Crippen LogP contribution is 2.22. The second kappa shape index (κ2) is 8.02. The van der Waals surface area contributed by atoms with Crippen molar-refractivity contribution in [1.82, 2.24) is 9.78 Å². The summed E-state index contributed by atoms with van der Waals surface area (Å²) in [4.78, 5) is 25.4. The molecule has 28 heavy (non-hydrogen) atoms. The zero-order valence-electron chi connectivity index (χ0n) is 14.8. The summed E-state index contributed by atoms with van der Waals surface area (Å²) < 4.78 is 6.82. The first-order chi connectivity index (χ1) is 13.7. The molecule has 2 aromatic heterocycles. The third-order valence-corrected chi connectivity index (χ3v) is 5.03. The summed E-state index contributed by atoms with van der Waals surface area (Å²) in [5, 5.41) is 6.39. The predicted molar refractivity (Wildman–Crippen MR) is 108 cm³/mol. The van der Waals surface area contributed by atoms with Gasteiger partial charge in [0, 0.05) is 5.56 Å². The number of carbonyl (C=O) groups excluding carboxylic acids is 2. The molecule has 4 rings (SSSR count). The van der Waals surface area contributed by atoms with Crippen LogP contribution in [0, 0.1) is 0 Å². The number of Topliss-reactive ketones (excluding diaryl/α,β-unsaturated/α-hetero) is 1. The molecule has 5 nitrogen and oxygen atoms in total. The van der Waals surface area contributed by atoms with Crippen LogP contribution in [-0.4, -0.2) is 28.1 Å². The molecule has 0 aliphatic carbocycles. The second-order valence-electron chi connectivity index (χ2n) is 6.00. The molecule has 2 heterocycles. The summed E-state index contributed by atoms with van der Waals surface area (Å²) >= 11 is 1.32. The van der Waals surface area contributed by atoms with E-state index in [1.165, 1.54) is 11.3 Å². The van der Waals surface area contributed by atoms with E-state index < -0.39 is 5.97 Å². The van der Waals surface area contributed by atoms with E-state index in [0.717, 1.165) is 11.3 Å². The van der Waals surface area contributed by atoms with Gasteiger partial charge in [-0.25, -0.2) is 9.48 Å². The monoisotopic (exact) mass is 388 g/mol. The first kappa shape index (κ1) is 17.9. The lowest BCUT2D eigenvalue weighted by atomic mass is 10.1. The number of hydrogen-bond acceptors (Lipinski definition) is 5. The summed E-state index contributed by atoms with van der Waals surface area (Å²) in [6, 6.07) is 24.1. The van der Waals surface area contributed by atoms with Crippen LogP contribution in [0.2, 0.25) is 0 Å². The third kappa shape index (κ3) is 3.77. The minimum atomic E-state index is -0.594. The van der Waals surface area contributed by atoms with Crippen molar-refractivity contribution in [2.45, 2.75) is 0 Å². The zero-order chi connectivity index (χ0) is 19.3. The Labute approximate surface area is 165 Å². The number of carbonyl (C=O) groups is 2. The molecule has 6 heteroatoms. The Balaban J connectivity index is 1.63. The van der Waals surface area contributed by atoms with Gasteiger partial charge >= 0.3 is 5.97 Å². The number of ether oxygens (including phenoxy) is 1. The van der Waals surface area contributed by atoms with Gasteiger partial charge in [0.25, 0.3) is 0 Å². The molecule has 0 atom stereocenters. The molecule has 0 amide bonds. The summed E-state index contributed by atoms with van der Waals surface area (Å²) in [7, 11) is 0. The molecular weight excluding hydrogens is 372 g/mol. The first-order valence-electron chi connectivity index (χ1n) is 8.67. The number of ketones is 1. The Morgan fingerprint density at radius 2 is 1.64 bits per heavy atom. The largest absolute Gasteiger partial charge is 0.453 e. The molecule has 0 fully saturated rings. The molecule has 0 spiro atoms. The van der Waals surface area contributed by atoms with Crippen LogP contribution in [0.5, 0.6) is 0 Å². The van der Waals surface area contributed by atoms with Gasteiger partial charge < -0.3 is 4.74 Å². The maximum atomic E-state index is 12.7. The van der Waals surface area contributed by atoms with E-state index in [9.17, 15) is 9.59 Å². The van der Waals surface area contributed by atoms with E-state index in [1.54, 1.807) is 22.9 Å². The summed E-state index contributed by atoms with van der Waals surface area (Å²) in [5.41, 5.74) is 2.55. The number of thiophene rings is 1. The highest BCUT2D eigenvalue weighted by atomic mass is 32.1. The predicted octanol–water partition coefficient (Wildman–Crippen LogP) is 4.64. The van der Waals surface area contributed by atoms with E-state index in [0.29, 0.717) is 10.6 Å². The summed E-state index contributed by atoms with van der Waals surface area (Å²) in [6.45, 7) is -0.306. The van der Waals surface area contributed by atoms with Crippen LogP contribution in [0.1, 0.15) is 20.2 Å². The van der Waals surface area contributed by atoms with Crippen LogP contribution < -0.4 is 0 Å². The normalized spacial score (nSPS) is 10.6. The highest BCUT2D eigenvalue weighted by Gasteiger charge is 2.20. The topological polar surface area (TPSA) is 61.2 Å². The minimum absolute atomic E-state index is 0.225. The Hall–Kier alpha value is -3.51. The van der Waals surface area contributed by atoms with Crippen molar-refractivity contribution in [3.05, 3.63) is 94.8 Å². The van der Waals surface area contributed by atoms with Gasteiger partial charge in [0.2, 0.25) is 5.78 Å². The fourth-order valence-electron chi connectivity index (χ4n) is 2.76. The number of esters is 1. The van der Waals surface area contributed by atoms with Gasteiger partial charge in [-0.1, -0.05) is 54.6 Å². The standard InChI is InChI=1S/C22H16N2O3S/c25-20(21-12-7-13-28-21)15-27-22(26)19-14-18(16-8-3-1-4-9-16)23-24(19)17-10-5-2-6-11-17/h1-14H,15H2. The van der Waals surface area contributed by atoms with Gasteiger partial charge in [-0.2, -0.15) is 5.10 Å². The van der Waals surface area contributed by atoms with Crippen LogP contribution in [-0.2, 0) is 4.74 Å². The number of rotatable bonds is 6. The smallest absolute Gasteiger partial charge is 0.357 e. The molecular formula is C22H16N2O3S. The average molecular weight is 388 g/mol. The van der Waals surface area contributed by atoms with Crippen molar-refractivity contribution in [2.75, 3.05) is 6.61 Å². The van der Waals surface area contributed by atoms with E-state index >= 15 is 0 Å². The van der Waals surface area contributed by atoms with Gasteiger partial charge in [0.05, 0.1) is 16.3 Å². The van der Waals surface area contributed by atoms with Gasteiger partial charge in [-0.05, 0) is 29.6 Å². The second-order valence-corrected chi connectivity index (χ2v) is 6.95. The highest BCUT2D eigenvalue weighted by molar-refractivity contribution is 7.12. The third-order valence-electron chi connectivity index (χ3n) is 4.12. The fraction of sp³-hybridized carbons (Fsp3) is 0.0455. The van der Waals surface area contributed by atoms with Gasteiger partial charge in [-0.3, -0.25) is 4.79 Å². The average Bonchev–Trinajstić information content (AvgIpc) is 3.43. The summed E-state index contributed by atoms with van der Waals surface area (Å²) in [5.74, 6) is -0.819. The van der Waals surface area contributed by atoms with Crippen LogP contribution >= 0.6 is 11.3 Å². The molecule has 0 saturated carbocycles. The van der Waals surface area contributed by atoms with Crippen molar-refractivity contribution in [1.29, 1.82) is 0 Å². The molecule has 2 aromatic carbocycles. The number of para-hydroxylation sites is 1. The Bertz CT molecular complexity index is 1090. The molecule has 0 saturated heterocycles. The van der Waals surface area contributed by atoms with Crippen LogP contribution in [0.15, 0.2) is 84.2 Å². The van der Waals surface area contributed by atoms with Gasteiger partial charge in [-0.15, -0.1) is 11.3 Å². The van der Waals surface area contributed by atoms with E-state index in [4.69, 9.17) is 4.74 Å². The van der Waals surface area contributed by atoms with Crippen molar-refractivity contribution < 1.29 is 14.3 Å². The van der Waals surface area contributed by atoms with Crippen LogP contribution in [0.3, 0.4) is 0 Å². The van der Waals surface area contributed by atoms with Gasteiger partial charge in [0.1, 0.15) is 0 Å². The molecule has 0 N–H and O–H groups in total. The molecule has 0 radical (unpaired) electrons. The van der Waals surface area contributed by atoms with Gasteiger partial charge in [0.15, 0.2) is 12.3 Å². The molecule has 0 bridgehead atoms. The maximum Gasteiger partial charge on any atom is 0.357 e. The number of hydrogen-bond donors (Lipinski definition) is 0. The van der Waals surface area contributed by atoms with E-state index in [1.807, 2.05) is 66.0 Å². The molecule has 0 unspecified atom stereocenters. The Morgan fingerprint density at radius 1 is 0.929 bits per heavy atom. The number of aromatic nitrogens is 2. The SMILES string of the molecule is O=C(COC(=O)c1cc(-c2ccccc2)nn1-c1ccccc1)c1cccs1. The minimum Gasteiger partial charge on any atom is -0.453 e. The van der Waals surface area contributed by atoms with Crippen molar-refractivity contribution in [2.24, 2.45) is 0 Å². The fourth-order valence-corrected chi connectivity index (χ4v) is 3.41. The molecule has 4 aromatic rings. The zero-order valence-corrected chi connectivity index (χ0v) is 15.6. The van der Waals surface area contributed by atoms with Crippen LogP contribution in [0.4, 0.5) is 0 Å². The quantitative estimate of drug-likeness (QED) is 0.357. The number of nitrogens with zero attached hydrogens (tertiary/aromatic N) is 2. The van der Waals surface area contributed by atoms with E-state index in [-0.39, 0.29) is 18.1 Å². The number of benzene rings is 2. The lowest BCUT2D eigenvalue weighted by Crippen LogP contribution is -2.16. The first-order valence-corrected chi connectivity index (χ1v) is 9.55. The molecule has 138 valence electrons.